The molecule has 0 atom stereocenters. The molecule has 0 bridgehead atoms. The number of rotatable bonds is 23. The van der Waals surface area contributed by atoms with Crippen LogP contribution in [0.3, 0.4) is 0 Å². The van der Waals surface area contributed by atoms with Gasteiger partial charge in [-0.25, -0.2) is 24.0 Å². The van der Waals surface area contributed by atoms with Crippen molar-refractivity contribution in [3.8, 4) is 0 Å². The molecule has 0 aromatic rings. The molecule has 0 amide bonds. The number of aliphatic carboxylic acids is 5. The number of hydrogen-bond acceptors (Lipinski definition) is 18. The SMILES string of the molecule is C=CC(=O)O.C=CC(=O)O.C=CC(=O)O.C=CC(=O)O.C=CC(=O)O.OCC(CO)(CO)CO.OCC(CO)(CO)CO.OCCOCCOCCOCCO. The van der Waals surface area contributed by atoms with Crippen LogP contribution in [0.2, 0.25) is 0 Å². The first-order valence-electron chi connectivity index (χ1n) is 15.3. The Kier molecular flexibility index (Phi) is 71.0. The van der Waals surface area contributed by atoms with E-state index in [1.807, 2.05) is 0 Å². The van der Waals surface area contributed by atoms with Crippen LogP contribution < -0.4 is 0 Å². The van der Waals surface area contributed by atoms with Crippen molar-refractivity contribution in [2.24, 2.45) is 10.8 Å². The Balaban J connectivity index is -0.0000000809. The monoisotopic (exact) mass is 826 g/mol. The molecule has 0 saturated carbocycles. The van der Waals surface area contributed by atoms with Gasteiger partial charge in [-0.1, -0.05) is 32.9 Å². The molecule has 0 aliphatic carbocycles. The fraction of sp³-hybridized carbons (Fsp3) is 0.545. The third kappa shape index (κ3) is 74.7. The van der Waals surface area contributed by atoms with Gasteiger partial charge in [-0.3, -0.25) is 0 Å². The number of aliphatic hydroxyl groups excluding tert-OH is 10. The lowest BCUT2D eigenvalue weighted by molar-refractivity contribution is -0.132. The van der Waals surface area contributed by atoms with Gasteiger partial charge in [0.05, 0.1) is 117 Å². The smallest absolute Gasteiger partial charge is 0.327 e. The number of aliphatic hydroxyl groups is 10. The lowest BCUT2D eigenvalue weighted by atomic mass is 9.93. The Morgan fingerprint density at radius 3 is 0.536 bits per heavy atom. The molecule has 0 unspecified atom stereocenters. The Hall–Kier alpha value is -4.47. The fourth-order valence-electron chi connectivity index (χ4n) is 1.27. The molecule has 0 aliphatic rings. The minimum Gasteiger partial charge on any atom is -0.478 e. The number of ether oxygens (including phenoxy) is 3. The van der Waals surface area contributed by atoms with E-state index in [-0.39, 0.29) is 13.2 Å². The molecule has 0 fully saturated rings. The van der Waals surface area contributed by atoms with E-state index in [0.717, 1.165) is 30.4 Å². The molecule has 0 aromatic heterocycles. The number of carbonyl (C=O) groups is 5. The lowest BCUT2D eigenvalue weighted by Gasteiger charge is -2.23. The summed E-state index contributed by atoms with van der Waals surface area (Å²) in [6, 6.07) is 0. The third-order valence-corrected chi connectivity index (χ3v) is 4.77. The van der Waals surface area contributed by atoms with Gasteiger partial charge >= 0.3 is 29.8 Å². The van der Waals surface area contributed by atoms with E-state index in [0.29, 0.717) is 39.6 Å². The first-order chi connectivity index (χ1) is 26.2. The van der Waals surface area contributed by atoms with Crippen LogP contribution in [0.1, 0.15) is 0 Å². The van der Waals surface area contributed by atoms with Gasteiger partial charge in [-0.15, -0.1) is 0 Å². The van der Waals surface area contributed by atoms with E-state index >= 15 is 0 Å². The number of hydrogen-bond donors (Lipinski definition) is 15. The van der Waals surface area contributed by atoms with Gasteiger partial charge < -0.3 is 90.8 Å². The van der Waals surface area contributed by atoms with Gasteiger partial charge in [0, 0.05) is 30.4 Å². The molecule has 56 heavy (non-hydrogen) atoms. The molecule has 0 saturated heterocycles. The molecule has 0 aliphatic heterocycles. The van der Waals surface area contributed by atoms with Crippen molar-refractivity contribution in [3.63, 3.8) is 0 Å². The summed E-state index contributed by atoms with van der Waals surface area (Å²) in [7, 11) is 0. The van der Waals surface area contributed by atoms with Crippen molar-refractivity contribution in [2.75, 3.05) is 106 Å². The van der Waals surface area contributed by atoms with Crippen LogP contribution in [0.4, 0.5) is 0 Å². The van der Waals surface area contributed by atoms with Gasteiger partial charge in [-0.2, -0.15) is 0 Å². The summed E-state index contributed by atoms with van der Waals surface area (Å²) >= 11 is 0. The van der Waals surface area contributed by atoms with Crippen molar-refractivity contribution in [1.82, 2.24) is 0 Å². The molecule has 23 heteroatoms. The average Bonchev–Trinajstić information content (AvgIpc) is 3.21. The van der Waals surface area contributed by atoms with E-state index in [1.54, 1.807) is 0 Å². The zero-order valence-electron chi connectivity index (χ0n) is 31.2. The van der Waals surface area contributed by atoms with Gasteiger partial charge in [0.2, 0.25) is 0 Å². The van der Waals surface area contributed by atoms with Crippen LogP contribution in [0, 0.1) is 10.8 Å². The molecule has 332 valence electrons. The molecular formula is C33H62O23. The van der Waals surface area contributed by atoms with E-state index < -0.39 is 93.5 Å². The summed E-state index contributed by atoms with van der Waals surface area (Å²) in [5.41, 5.74) is -2.22. The number of carboxylic acids is 5. The second-order valence-electron chi connectivity index (χ2n) is 9.26. The Labute approximate surface area is 324 Å². The van der Waals surface area contributed by atoms with Crippen LogP contribution >= 0.6 is 0 Å². The highest BCUT2D eigenvalue weighted by Crippen LogP contribution is 2.12. The van der Waals surface area contributed by atoms with Crippen LogP contribution in [0.5, 0.6) is 0 Å². The maximum atomic E-state index is 9.25. The standard InChI is InChI=1S/C8H18O5.2C5H12O4.5C3H4O2/c9-1-3-11-5-7-13-8-6-12-4-2-10;2*6-1-5(2-7,3-8)4-9;5*1-2-3(4)5/h9-10H,1-8H2;2*6-9H,1-4H2;5*2H,1H2,(H,4,5). The molecular weight excluding hydrogens is 764 g/mol. The van der Waals surface area contributed by atoms with Crippen LogP contribution in [-0.4, -0.2) is 212 Å². The normalized spacial score (nSPS) is 9.18. The third-order valence-electron chi connectivity index (χ3n) is 4.77. The minimum atomic E-state index is -1.11. The van der Waals surface area contributed by atoms with E-state index in [1.165, 1.54) is 0 Å². The van der Waals surface area contributed by atoms with E-state index in [2.05, 4.69) is 32.9 Å². The van der Waals surface area contributed by atoms with Crippen molar-refractivity contribution in [3.05, 3.63) is 63.3 Å². The Morgan fingerprint density at radius 2 is 0.464 bits per heavy atom. The maximum Gasteiger partial charge on any atom is 0.327 e. The highest BCUT2D eigenvalue weighted by molar-refractivity contribution is 5.80. The molecule has 0 aromatic carbocycles. The zero-order chi connectivity index (χ0) is 45.9. The maximum absolute atomic E-state index is 9.25. The Morgan fingerprint density at radius 1 is 0.339 bits per heavy atom. The van der Waals surface area contributed by atoms with Gasteiger partial charge in [0.15, 0.2) is 0 Å². The summed E-state index contributed by atoms with van der Waals surface area (Å²) in [5, 5.41) is 123. The summed E-state index contributed by atoms with van der Waals surface area (Å²) in [6.07, 6.45) is 4.17. The van der Waals surface area contributed by atoms with Crippen molar-refractivity contribution in [1.29, 1.82) is 0 Å². The second kappa shape index (κ2) is 57.3. The minimum absolute atomic E-state index is 0.0413. The molecule has 0 heterocycles. The largest absolute Gasteiger partial charge is 0.478 e. The highest BCUT2D eigenvalue weighted by atomic mass is 16.5. The summed E-state index contributed by atoms with van der Waals surface area (Å²) < 4.78 is 15.0. The summed E-state index contributed by atoms with van der Waals surface area (Å²) in [5.74, 6) is -4.91. The first-order valence-corrected chi connectivity index (χ1v) is 15.3. The molecule has 0 rings (SSSR count). The van der Waals surface area contributed by atoms with Crippen LogP contribution in [0.25, 0.3) is 0 Å². The van der Waals surface area contributed by atoms with Gasteiger partial charge in [-0.05, 0) is 0 Å². The van der Waals surface area contributed by atoms with Gasteiger partial charge in [0.25, 0.3) is 0 Å². The van der Waals surface area contributed by atoms with Crippen LogP contribution in [0.15, 0.2) is 63.3 Å². The fourth-order valence-corrected chi connectivity index (χ4v) is 1.27. The zero-order valence-corrected chi connectivity index (χ0v) is 31.2. The van der Waals surface area contributed by atoms with E-state index in [9.17, 15) is 24.0 Å². The average molecular weight is 827 g/mol. The van der Waals surface area contributed by atoms with Gasteiger partial charge in [0.1, 0.15) is 0 Å². The molecule has 0 radical (unpaired) electrons. The summed E-state index contributed by atoms with van der Waals surface area (Å²) in [6.45, 7) is 14.3. The van der Waals surface area contributed by atoms with Crippen LogP contribution in [-0.2, 0) is 38.2 Å². The summed E-state index contributed by atoms with van der Waals surface area (Å²) in [4.78, 5) is 46.2. The molecule has 23 nitrogen and oxygen atoms in total. The Bertz CT molecular complexity index is 793. The second-order valence-corrected chi connectivity index (χ2v) is 9.26. The number of carboxylic acid groups (broad SMARTS) is 5. The predicted octanol–water partition coefficient (Wildman–Crippen LogP) is -3.81. The molecule has 0 spiro atoms. The van der Waals surface area contributed by atoms with Crippen molar-refractivity contribution < 1.29 is 115 Å². The van der Waals surface area contributed by atoms with E-state index in [4.69, 9.17) is 90.8 Å². The predicted molar refractivity (Wildman–Crippen MR) is 197 cm³/mol. The highest BCUT2D eigenvalue weighted by Gasteiger charge is 2.27. The first kappa shape index (κ1) is 69.4. The molecule has 15 N–H and O–H groups in total. The van der Waals surface area contributed by atoms with Crippen molar-refractivity contribution in [2.45, 2.75) is 0 Å². The topological polar surface area (TPSA) is 416 Å². The lowest BCUT2D eigenvalue weighted by Crippen LogP contribution is -2.37. The quantitative estimate of drug-likeness (QED) is 0.0347. The van der Waals surface area contributed by atoms with Crippen molar-refractivity contribution >= 4 is 29.8 Å².